The Hall–Kier alpha value is -10.2. The molecular weight excluding hydrogens is 1140 g/mol. The summed E-state index contributed by atoms with van der Waals surface area (Å²) < 4.78 is 0. The largest absolute Gasteiger partial charge is 0.334 e. The molecule has 0 N–H and O–H groups in total. The van der Waals surface area contributed by atoms with Gasteiger partial charge in [-0.15, -0.1) is 0 Å². The second-order valence-corrected chi connectivity index (χ2v) is 29.5. The summed E-state index contributed by atoms with van der Waals surface area (Å²) in [5, 5.41) is 4.64. The molecule has 4 nitrogen and oxygen atoms in total. The topological polar surface area (TPSA) is 13.0 Å². The average molecular weight is 1230 g/mol. The maximum atomic E-state index is 2.54. The highest BCUT2D eigenvalue weighted by Gasteiger charge is 2.28. The predicted molar refractivity (Wildman–Crippen MR) is 406 cm³/mol. The van der Waals surface area contributed by atoms with E-state index in [0.29, 0.717) is 0 Å². The number of rotatable bonds is 14. The molecule has 0 heterocycles. The second kappa shape index (κ2) is 25.4. The third kappa shape index (κ3) is 12.9. The smallest absolute Gasteiger partial charge is 0.0560 e. The van der Waals surface area contributed by atoms with Crippen molar-refractivity contribution in [2.45, 2.75) is 112 Å². The molecule has 0 amide bonds. The first-order valence-electron chi connectivity index (χ1n) is 33.5. The van der Waals surface area contributed by atoms with Gasteiger partial charge in [-0.05, 0) is 228 Å². The number of fused-ring (bicyclic) bond motifs is 2. The first-order chi connectivity index (χ1) is 45.2. The third-order valence-electron chi connectivity index (χ3n) is 18.8. The summed E-state index contributed by atoms with van der Waals surface area (Å²) in [4.78, 5) is 9.73. The molecule has 468 valence electrons. The molecule has 0 aliphatic heterocycles. The Balaban J connectivity index is 1.06. The van der Waals surface area contributed by atoms with E-state index in [2.05, 4.69) is 400 Å². The van der Waals surface area contributed by atoms with E-state index in [4.69, 9.17) is 0 Å². The molecule has 1 unspecified atom stereocenters. The molecule has 0 radical (unpaired) electrons. The molecule has 0 bridgehead atoms. The van der Waals surface area contributed by atoms with Gasteiger partial charge in [0.25, 0.3) is 0 Å². The van der Waals surface area contributed by atoms with Crippen molar-refractivity contribution in [1.29, 1.82) is 0 Å². The van der Waals surface area contributed by atoms with Crippen LogP contribution in [0.25, 0.3) is 43.8 Å². The molecule has 1 atom stereocenters. The number of allylic oxidation sites excluding steroid dienone is 2. The van der Waals surface area contributed by atoms with E-state index in [-0.39, 0.29) is 27.7 Å². The van der Waals surface area contributed by atoms with E-state index in [1.807, 2.05) is 0 Å². The van der Waals surface area contributed by atoms with Crippen molar-refractivity contribution in [3.63, 3.8) is 0 Å². The first-order valence-corrected chi connectivity index (χ1v) is 33.5. The third-order valence-corrected chi connectivity index (χ3v) is 18.8. The van der Waals surface area contributed by atoms with Gasteiger partial charge in [0, 0.05) is 62.6 Å². The maximum Gasteiger partial charge on any atom is 0.0560 e. The fraction of sp³-hybridized carbons (Fsp3) is 0.200. The van der Waals surface area contributed by atoms with Crippen LogP contribution in [0.15, 0.2) is 303 Å². The van der Waals surface area contributed by atoms with Crippen LogP contribution in [-0.2, 0) is 16.2 Å². The Kier molecular flexibility index (Phi) is 16.9. The molecule has 4 heteroatoms. The van der Waals surface area contributed by atoms with Gasteiger partial charge in [-0.25, -0.2) is 0 Å². The van der Waals surface area contributed by atoms with E-state index in [9.17, 15) is 0 Å². The zero-order chi connectivity index (χ0) is 65.5. The minimum atomic E-state index is 0.0209. The van der Waals surface area contributed by atoms with E-state index in [1.165, 1.54) is 39.1 Å². The van der Waals surface area contributed by atoms with Crippen molar-refractivity contribution < 1.29 is 0 Å². The van der Waals surface area contributed by atoms with Crippen molar-refractivity contribution in [1.82, 2.24) is 0 Å². The summed E-state index contributed by atoms with van der Waals surface area (Å²) in [6.45, 7) is 27.5. The Morgan fingerprint density at radius 1 is 0.266 bits per heavy atom. The van der Waals surface area contributed by atoms with E-state index >= 15 is 0 Å². The summed E-state index contributed by atoms with van der Waals surface area (Å²) in [5.41, 5.74) is 22.2. The Morgan fingerprint density at radius 2 is 0.543 bits per heavy atom. The summed E-state index contributed by atoms with van der Waals surface area (Å²) in [5.74, 6) is 0. The lowest BCUT2D eigenvalue weighted by Gasteiger charge is -2.35. The van der Waals surface area contributed by atoms with Crippen molar-refractivity contribution in [3.8, 4) is 22.3 Å². The van der Waals surface area contributed by atoms with Crippen LogP contribution in [0.4, 0.5) is 62.6 Å². The average Bonchev–Trinajstić information content (AvgIpc) is 0.724. The zero-order valence-corrected chi connectivity index (χ0v) is 56.9. The van der Waals surface area contributed by atoms with Crippen LogP contribution in [-0.4, -0.2) is 6.04 Å². The summed E-state index contributed by atoms with van der Waals surface area (Å²) in [6, 6.07) is 104. The highest BCUT2D eigenvalue weighted by molar-refractivity contribution is 6.23. The molecule has 0 saturated carbocycles. The van der Waals surface area contributed by atoms with Crippen molar-refractivity contribution in [3.05, 3.63) is 320 Å². The van der Waals surface area contributed by atoms with Gasteiger partial charge < -0.3 is 19.6 Å². The van der Waals surface area contributed by atoms with Crippen LogP contribution in [0.2, 0.25) is 0 Å². The Labute approximate surface area is 559 Å². The molecule has 0 aromatic heterocycles. The maximum absolute atomic E-state index is 2.54. The fourth-order valence-electron chi connectivity index (χ4n) is 13.6. The normalized spacial score (nSPS) is 13.6. The minimum Gasteiger partial charge on any atom is -0.334 e. The molecule has 12 aromatic carbocycles. The molecule has 13 rings (SSSR count). The van der Waals surface area contributed by atoms with Crippen molar-refractivity contribution in [2.75, 3.05) is 19.6 Å². The summed E-state index contributed by atoms with van der Waals surface area (Å²) in [7, 11) is 0. The molecule has 0 fully saturated rings. The number of nitrogens with zero attached hydrogens (tertiary/aromatic N) is 4. The van der Waals surface area contributed by atoms with Crippen LogP contribution in [0, 0.1) is 5.41 Å². The van der Waals surface area contributed by atoms with Gasteiger partial charge in [0.15, 0.2) is 0 Å². The quantitative estimate of drug-likeness (QED) is 0.101. The molecule has 94 heavy (non-hydrogen) atoms. The summed E-state index contributed by atoms with van der Waals surface area (Å²) >= 11 is 0. The standard InChI is InChI=1S/C90H88N4/c1-87(2,3)65-37-49-75(50-38-65)91(76-51-39-66(40-52-76)88(4,5)6)73-45-33-63(34-46-73)85-81-59-57-80(94(71-29-21-15-22-30-71)72-31-23-16-24-32-72)62-84(81)86(82-60-58-79(61-83(82)85)93(69-25-17-13-18-26-69)70-27-19-14-20-28-70)64-35-47-74(48-36-64)92(77-53-41-67(42-54-77)89(7,8)9)78-55-43-68(44-56-78)90(10,11)12/h13-55,57-62,78H,56H2,1-12H3. The SMILES string of the molecule is CC(C)(C)C1=CCC(N(c2ccc(-c3c4ccc(N(c5ccccc5)c5ccccc5)cc4c(-c4ccc(N(c5ccc(C(C)(C)C)cc5)c5ccc(C(C)(C)C)cc5)cc4)c4ccc(N(c5ccccc5)c5ccccc5)cc34)cc2)c2ccc(C(C)(C)C)cc2)C=C1. The van der Waals surface area contributed by atoms with Gasteiger partial charge in [0.2, 0.25) is 0 Å². The fourth-order valence-corrected chi connectivity index (χ4v) is 13.6. The Morgan fingerprint density at radius 3 is 0.840 bits per heavy atom. The number of hydrogen-bond acceptors (Lipinski definition) is 4. The number of anilines is 11. The Bertz CT molecular complexity index is 4520. The van der Waals surface area contributed by atoms with Crippen LogP contribution >= 0.6 is 0 Å². The minimum absolute atomic E-state index is 0.0209. The van der Waals surface area contributed by atoms with Crippen molar-refractivity contribution in [2.24, 2.45) is 5.41 Å². The molecule has 0 saturated heterocycles. The molecule has 0 spiro atoms. The first kappa shape index (κ1) is 62.6. The van der Waals surface area contributed by atoms with Gasteiger partial charge in [-0.2, -0.15) is 0 Å². The lowest BCUT2D eigenvalue weighted by atomic mass is 9.82. The van der Waals surface area contributed by atoms with Gasteiger partial charge in [0.1, 0.15) is 0 Å². The lowest BCUT2D eigenvalue weighted by molar-refractivity contribution is 0.510. The monoisotopic (exact) mass is 1220 g/mol. The number of hydrogen-bond donors (Lipinski definition) is 0. The zero-order valence-electron chi connectivity index (χ0n) is 56.9. The molecule has 1 aliphatic rings. The number of benzene rings is 12. The lowest BCUT2D eigenvalue weighted by Crippen LogP contribution is -2.31. The predicted octanol–water partition coefficient (Wildman–Crippen LogP) is 26.1. The van der Waals surface area contributed by atoms with Crippen molar-refractivity contribution >= 4 is 84.1 Å². The molecule has 1 aliphatic carbocycles. The van der Waals surface area contributed by atoms with E-state index in [1.54, 1.807) is 0 Å². The molecular formula is C90H88N4. The molecule has 12 aromatic rings. The van der Waals surface area contributed by atoms with Crippen LogP contribution in [0.1, 0.15) is 106 Å². The number of para-hydroxylation sites is 4. The van der Waals surface area contributed by atoms with Gasteiger partial charge in [-0.1, -0.05) is 247 Å². The highest BCUT2D eigenvalue weighted by Crippen LogP contribution is 2.50. The van der Waals surface area contributed by atoms with Gasteiger partial charge in [-0.3, -0.25) is 0 Å². The van der Waals surface area contributed by atoms with Crippen LogP contribution < -0.4 is 19.6 Å². The summed E-state index contributed by atoms with van der Waals surface area (Å²) in [6.07, 6.45) is 8.14. The highest BCUT2D eigenvalue weighted by atomic mass is 15.2. The van der Waals surface area contributed by atoms with Gasteiger partial charge in [0.05, 0.1) is 6.04 Å². The van der Waals surface area contributed by atoms with Crippen LogP contribution in [0.3, 0.4) is 0 Å². The van der Waals surface area contributed by atoms with E-state index in [0.717, 1.165) is 96.0 Å². The van der Waals surface area contributed by atoms with Gasteiger partial charge >= 0.3 is 0 Å². The van der Waals surface area contributed by atoms with E-state index < -0.39 is 0 Å². The second-order valence-electron chi connectivity index (χ2n) is 29.5. The van der Waals surface area contributed by atoms with Crippen LogP contribution in [0.5, 0.6) is 0 Å².